The van der Waals surface area contributed by atoms with Crippen molar-refractivity contribution in [2.24, 2.45) is 0 Å². The first kappa shape index (κ1) is 18.3. The number of carbonyl (C=O) groups is 1. The summed E-state index contributed by atoms with van der Waals surface area (Å²) in [6.07, 6.45) is 0.135. The SMILES string of the molecule is CC(C)NC(=O)OC(C)CC(C)c1cc(N)n(C(C)(C)C)n1. The first-order chi connectivity index (χ1) is 10.0. The number of nitrogens with one attached hydrogen (secondary N) is 1. The monoisotopic (exact) mass is 310 g/mol. The normalized spacial score (nSPS) is 14.7. The van der Waals surface area contributed by atoms with Crippen LogP contribution in [0.4, 0.5) is 10.6 Å². The van der Waals surface area contributed by atoms with E-state index in [2.05, 4.69) is 38.1 Å². The Morgan fingerprint density at radius 2 is 1.95 bits per heavy atom. The summed E-state index contributed by atoms with van der Waals surface area (Å²) < 4.78 is 7.17. The second-order valence-electron chi connectivity index (χ2n) is 7.23. The van der Waals surface area contributed by atoms with E-state index in [4.69, 9.17) is 10.5 Å². The Balaban J connectivity index is 2.65. The minimum absolute atomic E-state index is 0.0689. The van der Waals surface area contributed by atoms with Crippen molar-refractivity contribution < 1.29 is 9.53 Å². The molecular formula is C16H30N4O2. The van der Waals surface area contributed by atoms with Crippen LogP contribution in [0.3, 0.4) is 0 Å². The lowest BCUT2D eigenvalue weighted by atomic mass is 10.0. The van der Waals surface area contributed by atoms with Gasteiger partial charge in [0.25, 0.3) is 0 Å². The summed E-state index contributed by atoms with van der Waals surface area (Å²) in [5.74, 6) is 0.813. The molecule has 1 amide bonds. The van der Waals surface area contributed by atoms with E-state index in [-0.39, 0.29) is 29.7 Å². The van der Waals surface area contributed by atoms with Gasteiger partial charge in [0.1, 0.15) is 11.9 Å². The molecule has 0 aliphatic heterocycles. The first-order valence-electron chi connectivity index (χ1n) is 7.83. The fourth-order valence-electron chi connectivity index (χ4n) is 2.31. The van der Waals surface area contributed by atoms with Gasteiger partial charge < -0.3 is 15.8 Å². The lowest BCUT2D eigenvalue weighted by Crippen LogP contribution is -2.33. The van der Waals surface area contributed by atoms with Crippen LogP contribution < -0.4 is 11.1 Å². The third-order valence-electron chi connectivity index (χ3n) is 3.30. The molecule has 3 N–H and O–H groups in total. The zero-order valence-electron chi connectivity index (χ0n) is 14.8. The van der Waals surface area contributed by atoms with Gasteiger partial charge in [0.2, 0.25) is 0 Å². The van der Waals surface area contributed by atoms with E-state index >= 15 is 0 Å². The number of nitrogens with zero attached hydrogens (tertiary/aromatic N) is 2. The van der Waals surface area contributed by atoms with Gasteiger partial charge in [-0.2, -0.15) is 5.10 Å². The molecule has 6 heteroatoms. The Labute approximate surface area is 133 Å². The zero-order chi connectivity index (χ0) is 17.1. The van der Waals surface area contributed by atoms with Crippen LogP contribution in [0.15, 0.2) is 6.07 Å². The van der Waals surface area contributed by atoms with Crippen LogP contribution in [-0.4, -0.2) is 28.0 Å². The highest BCUT2D eigenvalue weighted by molar-refractivity contribution is 5.67. The predicted octanol–water partition coefficient (Wildman–Crippen LogP) is 3.24. The van der Waals surface area contributed by atoms with Gasteiger partial charge in [0, 0.05) is 18.0 Å². The van der Waals surface area contributed by atoms with E-state index in [1.165, 1.54) is 0 Å². The van der Waals surface area contributed by atoms with Crippen molar-refractivity contribution in [2.45, 2.75) is 78.5 Å². The molecule has 0 radical (unpaired) electrons. The first-order valence-corrected chi connectivity index (χ1v) is 7.83. The van der Waals surface area contributed by atoms with E-state index in [9.17, 15) is 4.79 Å². The van der Waals surface area contributed by atoms with Crippen molar-refractivity contribution in [3.05, 3.63) is 11.8 Å². The van der Waals surface area contributed by atoms with Gasteiger partial charge in [-0.15, -0.1) is 0 Å². The summed E-state index contributed by atoms with van der Waals surface area (Å²) in [5.41, 5.74) is 6.81. The molecule has 1 aromatic heterocycles. The largest absolute Gasteiger partial charge is 0.447 e. The third kappa shape index (κ3) is 5.24. The molecular weight excluding hydrogens is 280 g/mol. The molecule has 22 heavy (non-hydrogen) atoms. The summed E-state index contributed by atoms with van der Waals surface area (Å²) in [4.78, 5) is 11.6. The minimum Gasteiger partial charge on any atom is -0.447 e. The van der Waals surface area contributed by atoms with Gasteiger partial charge in [0.15, 0.2) is 0 Å². The van der Waals surface area contributed by atoms with Crippen molar-refractivity contribution in [3.63, 3.8) is 0 Å². The Morgan fingerprint density at radius 3 is 2.41 bits per heavy atom. The molecule has 6 nitrogen and oxygen atoms in total. The van der Waals surface area contributed by atoms with Crippen molar-refractivity contribution in [3.8, 4) is 0 Å². The molecule has 2 atom stereocenters. The second kappa shape index (κ2) is 7.03. The van der Waals surface area contributed by atoms with Gasteiger partial charge in [-0.05, 0) is 48.0 Å². The lowest BCUT2D eigenvalue weighted by Gasteiger charge is -2.21. The maximum Gasteiger partial charge on any atom is 0.407 e. The van der Waals surface area contributed by atoms with Crippen molar-refractivity contribution >= 4 is 11.9 Å². The maximum atomic E-state index is 11.6. The van der Waals surface area contributed by atoms with E-state index < -0.39 is 0 Å². The molecule has 0 bridgehead atoms. The Kier molecular flexibility index (Phi) is 5.85. The minimum atomic E-state index is -0.380. The summed E-state index contributed by atoms with van der Waals surface area (Å²) in [6, 6.07) is 1.97. The zero-order valence-corrected chi connectivity index (χ0v) is 14.8. The van der Waals surface area contributed by atoms with Gasteiger partial charge in [-0.3, -0.25) is 0 Å². The molecule has 0 fully saturated rings. The topological polar surface area (TPSA) is 82.2 Å². The van der Waals surface area contributed by atoms with Crippen LogP contribution in [0, 0.1) is 0 Å². The molecule has 1 heterocycles. The number of hydrogen-bond donors (Lipinski definition) is 2. The average molecular weight is 310 g/mol. The quantitative estimate of drug-likeness (QED) is 0.874. The van der Waals surface area contributed by atoms with Crippen molar-refractivity contribution in [1.29, 1.82) is 0 Å². The molecule has 1 rings (SSSR count). The molecule has 2 unspecified atom stereocenters. The van der Waals surface area contributed by atoms with Crippen LogP contribution >= 0.6 is 0 Å². The molecule has 0 aromatic carbocycles. The molecule has 0 aliphatic carbocycles. The summed E-state index contributed by atoms with van der Waals surface area (Å²) in [7, 11) is 0. The van der Waals surface area contributed by atoms with Crippen LogP contribution in [0.2, 0.25) is 0 Å². The molecule has 0 spiro atoms. The van der Waals surface area contributed by atoms with Crippen LogP contribution in [-0.2, 0) is 10.3 Å². The number of anilines is 1. The number of nitrogen functional groups attached to an aromatic ring is 1. The fourth-order valence-corrected chi connectivity index (χ4v) is 2.31. The van der Waals surface area contributed by atoms with Gasteiger partial charge in [-0.25, -0.2) is 9.48 Å². The van der Waals surface area contributed by atoms with Crippen molar-refractivity contribution in [1.82, 2.24) is 15.1 Å². The van der Waals surface area contributed by atoms with Crippen LogP contribution in [0.1, 0.15) is 66.5 Å². The molecule has 1 aromatic rings. The average Bonchev–Trinajstić information content (AvgIpc) is 2.69. The van der Waals surface area contributed by atoms with E-state index in [0.717, 1.165) is 5.69 Å². The Hall–Kier alpha value is -1.72. The van der Waals surface area contributed by atoms with E-state index in [1.54, 1.807) is 0 Å². The highest BCUT2D eigenvalue weighted by Crippen LogP contribution is 2.26. The summed E-state index contributed by atoms with van der Waals surface area (Å²) >= 11 is 0. The Morgan fingerprint density at radius 1 is 1.36 bits per heavy atom. The summed E-state index contributed by atoms with van der Waals surface area (Å²) in [5, 5.41) is 7.32. The number of nitrogens with two attached hydrogens (primary N) is 1. The maximum absolute atomic E-state index is 11.6. The number of ether oxygens (including phenoxy) is 1. The number of amides is 1. The molecule has 0 aliphatic rings. The van der Waals surface area contributed by atoms with E-state index in [1.807, 2.05) is 31.5 Å². The number of aromatic nitrogens is 2. The fraction of sp³-hybridized carbons (Fsp3) is 0.750. The highest BCUT2D eigenvalue weighted by Gasteiger charge is 2.22. The third-order valence-corrected chi connectivity index (χ3v) is 3.30. The Bertz CT molecular complexity index is 503. The molecule has 126 valence electrons. The standard InChI is InChI=1S/C16H30N4O2/c1-10(2)18-15(21)22-12(4)8-11(3)13-9-14(17)20(19-13)16(5,6)7/h9-12H,8,17H2,1-7H3,(H,18,21). The van der Waals surface area contributed by atoms with Crippen LogP contribution in [0.25, 0.3) is 0 Å². The predicted molar refractivity (Wildman–Crippen MR) is 88.9 cm³/mol. The van der Waals surface area contributed by atoms with E-state index in [0.29, 0.717) is 12.2 Å². The van der Waals surface area contributed by atoms with Crippen LogP contribution in [0.5, 0.6) is 0 Å². The number of carbonyl (C=O) groups excluding carboxylic acids is 1. The summed E-state index contributed by atoms with van der Waals surface area (Å²) in [6.45, 7) is 13.9. The highest BCUT2D eigenvalue weighted by atomic mass is 16.6. The number of alkyl carbamates (subject to hydrolysis) is 1. The lowest BCUT2D eigenvalue weighted by molar-refractivity contribution is 0.0968. The van der Waals surface area contributed by atoms with Crippen molar-refractivity contribution in [2.75, 3.05) is 5.73 Å². The number of rotatable bonds is 5. The van der Waals surface area contributed by atoms with Gasteiger partial charge in [-0.1, -0.05) is 6.92 Å². The smallest absolute Gasteiger partial charge is 0.407 e. The molecule has 0 saturated carbocycles. The number of hydrogen-bond acceptors (Lipinski definition) is 4. The second-order valence-corrected chi connectivity index (χ2v) is 7.23. The molecule has 0 saturated heterocycles. The van der Waals surface area contributed by atoms with Gasteiger partial charge in [0.05, 0.1) is 11.2 Å². The van der Waals surface area contributed by atoms with Gasteiger partial charge >= 0.3 is 6.09 Å².